The fourth-order valence-electron chi connectivity index (χ4n) is 4.03. The lowest BCUT2D eigenvalue weighted by Gasteiger charge is -2.18. The predicted molar refractivity (Wildman–Crippen MR) is 130 cm³/mol. The minimum atomic E-state index is -0.418. The van der Waals surface area contributed by atoms with E-state index in [4.69, 9.17) is 23.9 Å². The molecule has 0 N–H and O–H groups in total. The molecule has 0 amide bonds. The van der Waals surface area contributed by atoms with Crippen LogP contribution in [0.3, 0.4) is 0 Å². The van der Waals surface area contributed by atoms with Crippen LogP contribution < -0.4 is 18.9 Å². The van der Waals surface area contributed by atoms with Crippen LogP contribution in [-0.4, -0.2) is 38.3 Å². The molecule has 8 heteroatoms. The van der Waals surface area contributed by atoms with Crippen LogP contribution in [0.25, 0.3) is 33.2 Å². The normalized spacial score (nSPS) is 10.7. The third-order valence-electron chi connectivity index (χ3n) is 5.72. The lowest BCUT2D eigenvalue weighted by atomic mass is 9.92. The number of aryl methyl sites for hydroxylation is 1. The number of rotatable bonds is 7. The van der Waals surface area contributed by atoms with Crippen LogP contribution >= 0.6 is 0 Å². The van der Waals surface area contributed by atoms with Gasteiger partial charge in [0, 0.05) is 34.3 Å². The van der Waals surface area contributed by atoms with Crippen LogP contribution in [0, 0.1) is 17.0 Å². The highest BCUT2D eigenvalue weighted by molar-refractivity contribution is 6.05. The molecule has 174 valence electrons. The number of pyridine rings is 1. The summed E-state index contributed by atoms with van der Waals surface area (Å²) in [6.07, 6.45) is 0. The molecule has 0 radical (unpaired) electrons. The SMILES string of the molecule is COc1ccc(-c2nc(C)c3cc(OC)c(OC)cc3c2-c2ccc([N+](=O)[O-])cc2)cc1OC. The molecule has 3 aromatic carbocycles. The molecule has 0 atom stereocenters. The van der Waals surface area contributed by atoms with Crippen molar-refractivity contribution < 1.29 is 23.9 Å². The molecular formula is C26H24N2O6. The van der Waals surface area contributed by atoms with Gasteiger partial charge in [0.15, 0.2) is 23.0 Å². The maximum absolute atomic E-state index is 11.2. The molecule has 34 heavy (non-hydrogen) atoms. The molecule has 1 aromatic heterocycles. The quantitative estimate of drug-likeness (QED) is 0.253. The van der Waals surface area contributed by atoms with Crippen LogP contribution in [-0.2, 0) is 0 Å². The Morgan fingerprint density at radius 3 is 1.79 bits per heavy atom. The van der Waals surface area contributed by atoms with Crippen molar-refractivity contribution in [1.29, 1.82) is 0 Å². The van der Waals surface area contributed by atoms with Crippen LogP contribution in [0.5, 0.6) is 23.0 Å². The van der Waals surface area contributed by atoms with Gasteiger partial charge in [-0.2, -0.15) is 0 Å². The van der Waals surface area contributed by atoms with E-state index in [2.05, 4.69) is 0 Å². The largest absolute Gasteiger partial charge is 0.493 e. The molecule has 4 rings (SSSR count). The van der Waals surface area contributed by atoms with E-state index < -0.39 is 4.92 Å². The zero-order valence-corrected chi connectivity index (χ0v) is 19.5. The van der Waals surface area contributed by atoms with E-state index in [0.29, 0.717) is 28.7 Å². The fraction of sp³-hybridized carbons (Fsp3) is 0.192. The fourth-order valence-corrected chi connectivity index (χ4v) is 4.03. The molecule has 0 saturated carbocycles. The first kappa shape index (κ1) is 22.8. The van der Waals surface area contributed by atoms with Gasteiger partial charge in [-0.3, -0.25) is 15.1 Å². The first-order valence-electron chi connectivity index (χ1n) is 10.4. The Labute approximate surface area is 196 Å². The van der Waals surface area contributed by atoms with E-state index in [1.165, 1.54) is 12.1 Å². The first-order valence-corrected chi connectivity index (χ1v) is 10.4. The standard InChI is InChI=1S/C26H24N2O6/c1-15-19-13-23(33-4)24(34-5)14-20(19)25(16-6-9-18(10-7-16)28(29)30)26(27-15)17-8-11-21(31-2)22(12-17)32-3/h6-14H,1-5H3. The van der Waals surface area contributed by atoms with Crippen LogP contribution in [0.15, 0.2) is 54.6 Å². The van der Waals surface area contributed by atoms with E-state index in [1.54, 1.807) is 40.6 Å². The molecule has 8 nitrogen and oxygen atoms in total. The molecule has 0 saturated heterocycles. The second kappa shape index (κ2) is 9.27. The summed E-state index contributed by atoms with van der Waals surface area (Å²) in [5.41, 5.74) is 3.91. The highest BCUT2D eigenvalue weighted by Crippen LogP contribution is 2.44. The zero-order valence-electron chi connectivity index (χ0n) is 19.5. The maximum Gasteiger partial charge on any atom is 0.269 e. The van der Waals surface area contributed by atoms with E-state index in [0.717, 1.165) is 33.2 Å². The third-order valence-corrected chi connectivity index (χ3v) is 5.72. The smallest absolute Gasteiger partial charge is 0.269 e. The number of non-ortho nitro benzene ring substituents is 1. The summed E-state index contributed by atoms with van der Waals surface area (Å²) in [4.78, 5) is 15.7. The van der Waals surface area contributed by atoms with E-state index >= 15 is 0 Å². The molecule has 1 heterocycles. The molecule has 0 aliphatic carbocycles. The molecule has 0 unspecified atom stereocenters. The van der Waals surface area contributed by atoms with Gasteiger partial charge in [0.2, 0.25) is 0 Å². The van der Waals surface area contributed by atoms with Crippen molar-refractivity contribution in [1.82, 2.24) is 4.98 Å². The minimum absolute atomic E-state index is 0.0139. The van der Waals surface area contributed by atoms with Crippen LogP contribution in [0.4, 0.5) is 5.69 Å². The average molecular weight is 460 g/mol. The van der Waals surface area contributed by atoms with Crippen molar-refractivity contribution in [3.63, 3.8) is 0 Å². The number of hydrogen-bond acceptors (Lipinski definition) is 7. The first-order chi connectivity index (χ1) is 16.4. The number of aromatic nitrogens is 1. The Hall–Kier alpha value is -4.33. The van der Waals surface area contributed by atoms with E-state index in [1.807, 2.05) is 37.3 Å². The molecule has 0 bridgehead atoms. The molecule has 0 aliphatic heterocycles. The topological polar surface area (TPSA) is 93.0 Å². The van der Waals surface area contributed by atoms with Gasteiger partial charge in [0.05, 0.1) is 39.1 Å². The number of benzene rings is 3. The Kier molecular flexibility index (Phi) is 6.23. The molecule has 0 fully saturated rings. The summed E-state index contributed by atoms with van der Waals surface area (Å²) in [5, 5.41) is 13.0. The Morgan fingerprint density at radius 2 is 1.24 bits per heavy atom. The van der Waals surface area contributed by atoms with Crippen molar-refractivity contribution >= 4 is 16.5 Å². The summed E-state index contributed by atoms with van der Waals surface area (Å²) in [7, 11) is 6.33. The van der Waals surface area contributed by atoms with Crippen molar-refractivity contribution in [3.8, 4) is 45.4 Å². The predicted octanol–water partition coefficient (Wildman–Crippen LogP) is 5.82. The number of nitro benzene ring substituents is 1. The van der Waals surface area contributed by atoms with Crippen molar-refractivity contribution in [2.75, 3.05) is 28.4 Å². The van der Waals surface area contributed by atoms with Gasteiger partial charge in [-0.15, -0.1) is 0 Å². The highest BCUT2D eigenvalue weighted by Gasteiger charge is 2.20. The number of nitro groups is 1. The second-order valence-corrected chi connectivity index (χ2v) is 7.55. The Bertz CT molecular complexity index is 1380. The zero-order chi connectivity index (χ0) is 24.4. The van der Waals surface area contributed by atoms with Gasteiger partial charge in [-0.25, -0.2) is 0 Å². The third kappa shape index (κ3) is 3.94. The lowest BCUT2D eigenvalue weighted by Crippen LogP contribution is -1.99. The monoisotopic (exact) mass is 460 g/mol. The maximum atomic E-state index is 11.2. The summed E-state index contributed by atoms with van der Waals surface area (Å²) in [6.45, 7) is 1.93. The van der Waals surface area contributed by atoms with Gasteiger partial charge >= 0.3 is 0 Å². The number of methoxy groups -OCH3 is 4. The number of fused-ring (bicyclic) bond motifs is 1. The molecular weight excluding hydrogens is 436 g/mol. The van der Waals surface area contributed by atoms with Crippen molar-refractivity contribution in [3.05, 3.63) is 70.4 Å². The van der Waals surface area contributed by atoms with Gasteiger partial charge < -0.3 is 18.9 Å². The summed E-state index contributed by atoms with van der Waals surface area (Å²) in [6, 6.07) is 15.8. The Morgan fingerprint density at radius 1 is 0.706 bits per heavy atom. The molecule has 0 spiro atoms. The van der Waals surface area contributed by atoms with E-state index in [9.17, 15) is 10.1 Å². The number of ether oxygens (including phenoxy) is 4. The van der Waals surface area contributed by atoms with Crippen LogP contribution in [0.1, 0.15) is 5.69 Å². The summed E-state index contributed by atoms with van der Waals surface area (Å²) < 4.78 is 22.0. The molecule has 0 aliphatic rings. The molecule has 4 aromatic rings. The minimum Gasteiger partial charge on any atom is -0.493 e. The number of hydrogen-bond donors (Lipinski definition) is 0. The second-order valence-electron chi connectivity index (χ2n) is 7.55. The average Bonchev–Trinajstić information content (AvgIpc) is 2.87. The van der Waals surface area contributed by atoms with Crippen molar-refractivity contribution in [2.24, 2.45) is 0 Å². The number of nitrogens with zero attached hydrogens (tertiary/aromatic N) is 2. The summed E-state index contributed by atoms with van der Waals surface area (Å²) >= 11 is 0. The van der Waals surface area contributed by atoms with Gasteiger partial charge in [-0.05, 0) is 60.3 Å². The van der Waals surface area contributed by atoms with Gasteiger partial charge in [-0.1, -0.05) is 0 Å². The summed E-state index contributed by atoms with van der Waals surface area (Å²) in [5.74, 6) is 2.34. The van der Waals surface area contributed by atoms with E-state index in [-0.39, 0.29) is 5.69 Å². The van der Waals surface area contributed by atoms with Gasteiger partial charge in [0.1, 0.15) is 0 Å². The van der Waals surface area contributed by atoms with Gasteiger partial charge in [0.25, 0.3) is 5.69 Å². The van der Waals surface area contributed by atoms with Crippen molar-refractivity contribution in [2.45, 2.75) is 6.92 Å². The van der Waals surface area contributed by atoms with Crippen LogP contribution in [0.2, 0.25) is 0 Å². The lowest BCUT2D eigenvalue weighted by molar-refractivity contribution is -0.384. The highest BCUT2D eigenvalue weighted by atomic mass is 16.6. The Balaban J connectivity index is 2.09.